The first-order chi connectivity index (χ1) is 12.7. The first kappa shape index (κ1) is 16.1. The summed E-state index contributed by atoms with van der Waals surface area (Å²) >= 11 is 0. The Morgan fingerprint density at radius 1 is 1.15 bits per heavy atom. The summed E-state index contributed by atoms with van der Waals surface area (Å²) in [7, 11) is 0. The fraction of sp³-hybridized carbons (Fsp3) is 0.150. The van der Waals surface area contributed by atoms with E-state index < -0.39 is 0 Å². The van der Waals surface area contributed by atoms with E-state index in [9.17, 15) is 4.79 Å². The molecule has 4 rings (SSSR count). The fourth-order valence-corrected chi connectivity index (χ4v) is 2.88. The molecule has 26 heavy (non-hydrogen) atoms. The second-order valence-corrected chi connectivity index (χ2v) is 6.08. The quantitative estimate of drug-likeness (QED) is 0.599. The zero-order valence-corrected chi connectivity index (χ0v) is 14.3. The smallest absolute Gasteiger partial charge is 0.243 e. The van der Waals surface area contributed by atoms with E-state index in [1.807, 2.05) is 72.2 Å². The van der Waals surface area contributed by atoms with Gasteiger partial charge in [-0.05, 0) is 19.1 Å². The maximum atomic E-state index is 12.5. The van der Waals surface area contributed by atoms with Crippen molar-refractivity contribution in [1.29, 1.82) is 0 Å². The van der Waals surface area contributed by atoms with E-state index in [2.05, 4.69) is 15.5 Å². The lowest BCUT2D eigenvalue weighted by Crippen LogP contribution is -2.30. The van der Waals surface area contributed by atoms with Crippen molar-refractivity contribution in [1.82, 2.24) is 20.0 Å². The second-order valence-electron chi connectivity index (χ2n) is 6.08. The summed E-state index contributed by atoms with van der Waals surface area (Å²) in [5.41, 5.74) is 3.53. The number of para-hydroxylation sites is 2. The number of nitrogens with one attached hydrogen (secondary N) is 1. The number of rotatable bonds is 5. The third-order valence-electron chi connectivity index (χ3n) is 4.34. The molecule has 0 aliphatic rings. The maximum Gasteiger partial charge on any atom is 0.243 e. The van der Waals surface area contributed by atoms with Crippen LogP contribution in [0.4, 0.5) is 0 Å². The van der Waals surface area contributed by atoms with E-state index in [1.54, 1.807) is 6.33 Å². The molecule has 130 valence electrons. The number of aromatic nitrogens is 3. The first-order valence-corrected chi connectivity index (χ1v) is 8.42. The molecule has 0 saturated heterocycles. The van der Waals surface area contributed by atoms with Gasteiger partial charge in [0.05, 0.1) is 23.9 Å². The van der Waals surface area contributed by atoms with Gasteiger partial charge in [-0.3, -0.25) is 4.79 Å². The Morgan fingerprint density at radius 3 is 2.77 bits per heavy atom. The van der Waals surface area contributed by atoms with E-state index in [0.29, 0.717) is 5.76 Å². The molecule has 0 radical (unpaired) electrons. The van der Waals surface area contributed by atoms with Crippen LogP contribution in [0.25, 0.3) is 22.3 Å². The summed E-state index contributed by atoms with van der Waals surface area (Å²) in [6.45, 7) is 2.13. The van der Waals surface area contributed by atoms with Crippen LogP contribution in [0, 0.1) is 0 Å². The molecule has 6 nitrogen and oxygen atoms in total. The Bertz CT molecular complexity index is 1040. The van der Waals surface area contributed by atoms with Gasteiger partial charge in [0.1, 0.15) is 11.7 Å². The molecule has 2 heterocycles. The Hall–Kier alpha value is -3.41. The Balaban J connectivity index is 1.43. The van der Waals surface area contributed by atoms with Gasteiger partial charge in [-0.2, -0.15) is 0 Å². The number of hydrogen-bond donors (Lipinski definition) is 1. The summed E-state index contributed by atoms with van der Waals surface area (Å²) in [4.78, 5) is 16.8. The molecule has 1 N–H and O–H groups in total. The van der Waals surface area contributed by atoms with Crippen molar-refractivity contribution in [2.45, 2.75) is 19.5 Å². The number of nitrogens with zero attached hydrogens (tertiary/aromatic N) is 3. The Morgan fingerprint density at radius 2 is 1.92 bits per heavy atom. The monoisotopic (exact) mass is 346 g/mol. The van der Waals surface area contributed by atoms with Gasteiger partial charge in [0, 0.05) is 11.6 Å². The zero-order chi connectivity index (χ0) is 17.9. The topological polar surface area (TPSA) is 73.0 Å². The van der Waals surface area contributed by atoms with E-state index in [-0.39, 0.29) is 18.5 Å². The van der Waals surface area contributed by atoms with Gasteiger partial charge in [0.15, 0.2) is 5.76 Å². The molecule has 0 fully saturated rings. The van der Waals surface area contributed by atoms with Gasteiger partial charge in [0.2, 0.25) is 5.91 Å². The van der Waals surface area contributed by atoms with Crippen LogP contribution in [0.1, 0.15) is 18.7 Å². The Labute approximate surface area is 150 Å². The SMILES string of the molecule is CC(C(=O)NCc1cc(-c2ccccc2)no1)n1cnc2ccccc21. The van der Waals surface area contributed by atoms with Crippen molar-refractivity contribution in [3.8, 4) is 11.3 Å². The number of carbonyl (C=O) groups is 1. The summed E-state index contributed by atoms with van der Waals surface area (Å²) < 4.78 is 7.19. The highest BCUT2D eigenvalue weighted by Crippen LogP contribution is 2.19. The molecule has 0 aliphatic carbocycles. The molecule has 1 unspecified atom stereocenters. The molecule has 2 aromatic heterocycles. The molecule has 1 amide bonds. The van der Waals surface area contributed by atoms with Crippen LogP contribution in [-0.4, -0.2) is 20.6 Å². The fourth-order valence-electron chi connectivity index (χ4n) is 2.88. The number of carbonyl (C=O) groups excluding carboxylic acids is 1. The van der Waals surface area contributed by atoms with Gasteiger partial charge in [-0.15, -0.1) is 0 Å². The molecule has 0 saturated carbocycles. The molecular formula is C20H18N4O2. The molecule has 1 atom stereocenters. The van der Waals surface area contributed by atoms with Gasteiger partial charge in [0.25, 0.3) is 0 Å². The average Bonchev–Trinajstić information content (AvgIpc) is 3.33. The first-order valence-electron chi connectivity index (χ1n) is 8.42. The van der Waals surface area contributed by atoms with Crippen LogP contribution in [0.5, 0.6) is 0 Å². The third kappa shape index (κ3) is 3.09. The van der Waals surface area contributed by atoms with Crippen molar-refractivity contribution in [3.63, 3.8) is 0 Å². The zero-order valence-electron chi connectivity index (χ0n) is 14.3. The maximum absolute atomic E-state index is 12.5. The van der Waals surface area contributed by atoms with E-state index in [0.717, 1.165) is 22.3 Å². The molecular weight excluding hydrogens is 328 g/mol. The van der Waals surface area contributed by atoms with Crippen LogP contribution in [-0.2, 0) is 11.3 Å². The van der Waals surface area contributed by atoms with Crippen molar-refractivity contribution in [2.24, 2.45) is 0 Å². The standard InChI is InChI=1S/C20H18N4O2/c1-14(24-13-22-17-9-5-6-10-19(17)24)20(25)21-12-16-11-18(23-26-16)15-7-3-2-4-8-15/h2-11,13-14H,12H2,1H3,(H,21,25). The highest BCUT2D eigenvalue weighted by Gasteiger charge is 2.17. The molecule has 0 spiro atoms. The van der Waals surface area contributed by atoms with Crippen LogP contribution >= 0.6 is 0 Å². The number of amides is 1. The summed E-state index contributed by atoms with van der Waals surface area (Å²) in [6.07, 6.45) is 1.69. The lowest BCUT2D eigenvalue weighted by atomic mass is 10.1. The number of benzene rings is 2. The van der Waals surface area contributed by atoms with Crippen LogP contribution in [0.15, 0.2) is 71.5 Å². The lowest BCUT2D eigenvalue weighted by Gasteiger charge is -2.13. The normalized spacial score (nSPS) is 12.2. The predicted molar refractivity (Wildman–Crippen MR) is 98.2 cm³/mol. The molecule has 0 aliphatic heterocycles. The molecule has 0 bridgehead atoms. The highest BCUT2D eigenvalue weighted by molar-refractivity contribution is 5.83. The summed E-state index contributed by atoms with van der Waals surface area (Å²) in [6, 6.07) is 19.0. The van der Waals surface area contributed by atoms with Crippen molar-refractivity contribution >= 4 is 16.9 Å². The van der Waals surface area contributed by atoms with E-state index in [4.69, 9.17) is 4.52 Å². The van der Waals surface area contributed by atoms with Gasteiger partial charge in [-0.25, -0.2) is 4.98 Å². The van der Waals surface area contributed by atoms with E-state index >= 15 is 0 Å². The number of imidazole rings is 1. The third-order valence-corrected chi connectivity index (χ3v) is 4.34. The number of fused-ring (bicyclic) bond motifs is 1. The van der Waals surface area contributed by atoms with Crippen LogP contribution in [0.2, 0.25) is 0 Å². The predicted octanol–water partition coefficient (Wildman–Crippen LogP) is 3.57. The average molecular weight is 346 g/mol. The summed E-state index contributed by atoms with van der Waals surface area (Å²) in [5.74, 6) is 0.505. The van der Waals surface area contributed by atoms with Gasteiger partial charge >= 0.3 is 0 Å². The summed E-state index contributed by atoms with van der Waals surface area (Å²) in [5, 5.41) is 6.95. The van der Waals surface area contributed by atoms with Gasteiger partial charge < -0.3 is 14.4 Å². The van der Waals surface area contributed by atoms with Crippen molar-refractivity contribution in [3.05, 3.63) is 72.8 Å². The lowest BCUT2D eigenvalue weighted by molar-refractivity contribution is -0.124. The van der Waals surface area contributed by atoms with Crippen LogP contribution in [0.3, 0.4) is 0 Å². The minimum absolute atomic E-state index is 0.106. The van der Waals surface area contributed by atoms with Crippen molar-refractivity contribution < 1.29 is 9.32 Å². The minimum atomic E-state index is -0.376. The second kappa shape index (κ2) is 6.84. The largest absolute Gasteiger partial charge is 0.359 e. The molecule has 2 aromatic carbocycles. The minimum Gasteiger partial charge on any atom is -0.359 e. The highest BCUT2D eigenvalue weighted by atomic mass is 16.5. The Kier molecular flexibility index (Phi) is 4.23. The van der Waals surface area contributed by atoms with Gasteiger partial charge in [-0.1, -0.05) is 47.6 Å². The van der Waals surface area contributed by atoms with Crippen LogP contribution < -0.4 is 5.32 Å². The van der Waals surface area contributed by atoms with Crippen molar-refractivity contribution in [2.75, 3.05) is 0 Å². The van der Waals surface area contributed by atoms with E-state index in [1.165, 1.54) is 0 Å². The molecule has 6 heteroatoms. The number of hydrogen-bond acceptors (Lipinski definition) is 4. The molecule has 4 aromatic rings.